The first-order chi connectivity index (χ1) is 9.22. The summed E-state index contributed by atoms with van der Waals surface area (Å²) in [6.45, 7) is 4.29. The smallest absolute Gasteiger partial charge is 0.189 e. The third kappa shape index (κ3) is 3.55. The van der Waals surface area contributed by atoms with Gasteiger partial charge in [-0.3, -0.25) is 9.78 Å². The molecule has 0 saturated carbocycles. The van der Waals surface area contributed by atoms with Crippen LogP contribution < -0.4 is 5.32 Å². The Hall–Kier alpha value is -1.38. The zero-order valence-corrected chi connectivity index (χ0v) is 12.1. The molecule has 104 valence electrons. The molecule has 0 radical (unpaired) electrons. The van der Waals surface area contributed by atoms with Crippen LogP contribution in [0, 0.1) is 6.92 Å². The molecule has 0 spiro atoms. The molecule has 2 heterocycles. The van der Waals surface area contributed by atoms with Crippen LogP contribution in [0.2, 0.25) is 0 Å². The van der Waals surface area contributed by atoms with Gasteiger partial charge in [-0.25, -0.2) is 4.98 Å². The minimum Gasteiger partial charge on any atom is -0.383 e. The molecule has 0 amide bonds. The maximum absolute atomic E-state index is 5.02. The fourth-order valence-corrected chi connectivity index (χ4v) is 2.63. The van der Waals surface area contributed by atoms with E-state index in [0.717, 1.165) is 29.0 Å². The van der Waals surface area contributed by atoms with E-state index in [-0.39, 0.29) is 0 Å². The first-order valence-corrected chi connectivity index (χ1v) is 6.79. The molecule has 0 aliphatic heterocycles. The fourth-order valence-electron chi connectivity index (χ4n) is 1.73. The van der Waals surface area contributed by atoms with E-state index < -0.39 is 0 Å². The number of aryl methyl sites for hydroxylation is 2. The second kappa shape index (κ2) is 6.69. The molecular formula is C11H18N6OS. The summed E-state index contributed by atoms with van der Waals surface area (Å²) in [6, 6.07) is 0. The van der Waals surface area contributed by atoms with Crippen LogP contribution in [0.15, 0.2) is 16.5 Å². The van der Waals surface area contributed by atoms with Gasteiger partial charge < -0.3 is 10.1 Å². The van der Waals surface area contributed by atoms with Gasteiger partial charge >= 0.3 is 0 Å². The van der Waals surface area contributed by atoms with Crippen molar-refractivity contribution >= 4 is 11.8 Å². The van der Waals surface area contributed by atoms with Crippen molar-refractivity contribution in [2.75, 3.05) is 20.3 Å². The highest BCUT2D eigenvalue weighted by Crippen LogP contribution is 2.28. The second-order valence-electron chi connectivity index (χ2n) is 4.05. The molecule has 0 aliphatic rings. The van der Waals surface area contributed by atoms with Crippen LogP contribution in [-0.2, 0) is 18.3 Å². The molecule has 0 atom stereocenters. The number of hydrogen-bond acceptors (Lipinski definition) is 6. The maximum atomic E-state index is 5.02. The number of rotatable bonds is 7. The molecule has 0 aliphatic carbocycles. The topological polar surface area (TPSA) is 80.7 Å². The highest BCUT2D eigenvalue weighted by atomic mass is 32.2. The van der Waals surface area contributed by atoms with Gasteiger partial charge in [-0.2, -0.15) is 10.2 Å². The van der Waals surface area contributed by atoms with Gasteiger partial charge in [-0.05, 0) is 18.7 Å². The number of hydrogen-bond donors (Lipinski definition) is 2. The molecule has 0 fully saturated rings. The van der Waals surface area contributed by atoms with E-state index in [1.165, 1.54) is 23.7 Å². The number of H-pyrrole nitrogens is 1. The van der Waals surface area contributed by atoms with Crippen LogP contribution in [0.25, 0.3) is 0 Å². The molecule has 0 bridgehead atoms. The van der Waals surface area contributed by atoms with Gasteiger partial charge in [0.2, 0.25) is 0 Å². The van der Waals surface area contributed by atoms with Crippen molar-refractivity contribution in [1.82, 2.24) is 30.3 Å². The van der Waals surface area contributed by atoms with Crippen molar-refractivity contribution in [2.45, 2.75) is 23.7 Å². The third-order valence-corrected chi connectivity index (χ3v) is 3.75. The molecule has 2 N–H and O–H groups in total. The predicted molar refractivity (Wildman–Crippen MR) is 72.0 cm³/mol. The molecule has 2 aromatic rings. The van der Waals surface area contributed by atoms with E-state index in [1.54, 1.807) is 7.11 Å². The molecule has 2 aromatic heterocycles. The molecule has 0 unspecified atom stereocenters. The quantitative estimate of drug-likeness (QED) is 0.729. The Morgan fingerprint density at radius 3 is 3.05 bits per heavy atom. The van der Waals surface area contributed by atoms with Crippen LogP contribution >= 0.6 is 11.8 Å². The number of ether oxygens (including phenoxy) is 1. The van der Waals surface area contributed by atoms with Crippen LogP contribution in [-0.4, -0.2) is 45.2 Å². The Balaban J connectivity index is 2.08. The minimum absolute atomic E-state index is 0.698. The van der Waals surface area contributed by atoms with Gasteiger partial charge in [0.15, 0.2) is 5.16 Å². The Labute approximate surface area is 116 Å². The second-order valence-corrected chi connectivity index (χ2v) is 5.03. The van der Waals surface area contributed by atoms with Gasteiger partial charge in [0.1, 0.15) is 11.4 Å². The fraction of sp³-hybridized carbons (Fsp3) is 0.545. The zero-order valence-electron chi connectivity index (χ0n) is 11.3. The Morgan fingerprint density at radius 2 is 2.37 bits per heavy atom. The van der Waals surface area contributed by atoms with E-state index in [9.17, 15) is 0 Å². The average Bonchev–Trinajstić information content (AvgIpc) is 2.97. The first-order valence-electron chi connectivity index (χ1n) is 5.97. The van der Waals surface area contributed by atoms with Crippen molar-refractivity contribution in [2.24, 2.45) is 7.05 Å². The van der Waals surface area contributed by atoms with E-state index in [1.807, 2.05) is 18.7 Å². The Morgan fingerprint density at radius 1 is 1.53 bits per heavy atom. The monoisotopic (exact) mass is 282 g/mol. The van der Waals surface area contributed by atoms with Crippen molar-refractivity contribution < 1.29 is 4.74 Å². The molecule has 19 heavy (non-hydrogen) atoms. The Kier molecular flexibility index (Phi) is 4.94. The maximum Gasteiger partial charge on any atom is 0.189 e. The van der Waals surface area contributed by atoms with Gasteiger partial charge in [-0.1, -0.05) is 0 Å². The summed E-state index contributed by atoms with van der Waals surface area (Å²) >= 11 is 1.53. The van der Waals surface area contributed by atoms with E-state index >= 15 is 0 Å². The summed E-state index contributed by atoms with van der Waals surface area (Å²) in [4.78, 5) is 4.13. The highest BCUT2D eigenvalue weighted by molar-refractivity contribution is 7.99. The summed E-state index contributed by atoms with van der Waals surface area (Å²) < 4.78 is 6.89. The summed E-state index contributed by atoms with van der Waals surface area (Å²) in [5.74, 6) is 0. The first kappa shape index (κ1) is 14.0. The summed E-state index contributed by atoms with van der Waals surface area (Å²) in [7, 11) is 3.63. The lowest BCUT2D eigenvalue weighted by Gasteiger charge is -2.06. The van der Waals surface area contributed by atoms with E-state index in [4.69, 9.17) is 4.74 Å². The SMILES string of the molecule is COCCNCc1c(C)nn(C)c1Sc1ncn[nH]1. The van der Waals surface area contributed by atoms with Crippen LogP contribution in [0.1, 0.15) is 11.3 Å². The molecule has 8 heteroatoms. The molecule has 2 rings (SSSR count). The molecular weight excluding hydrogens is 264 g/mol. The van der Waals surface area contributed by atoms with E-state index in [2.05, 4.69) is 25.6 Å². The highest BCUT2D eigenvalue weighted by Gasteiger charge is 2.15. The summed E-state index contributed by atoms with van der Waals surface area (Å²) in [6.07, 6.45) is 1.50. The molecule has 0 aromatic carbocycles. The van der Waals surface area contributed by atoms with Crippen molar-refractivity contribution in [1.29, 1.82) is 0 Å². The summed E-state index contributed by atoms with van der Waals surface area (Å²) in [5, 5.41) is 16.3. The minimum atomic E-state index is 0.698. The normalized spacial score (nSPS) is 11.1. The number of aromatic amines is 1. The van der Waals surface area contributed by atoms with E-state index in [0.29, 0.717) is 6.61 Å². The molecule has 7 nitrogen and oxygen atoms in total. The van der Waals surface area contributed by atoms with Gasteiger partial charge in [0.05, 0.1) is 12.3 Å². The Bertz CT molecular complexity index is 509. The van der Waals surface area contributed by atoms with Crippen molar-refractivity contribution in [3.63, 3.8) is 0 Å². The van der Waals surface area contributed by atoms with Crippen LogP contribution in [0.3, 0.4) is 0 Å². The zero-order chi connectivity index (χ0) is 13.7. The van der Waals surface area contributed by atoms with Gasteiger partial charge in [0.25, 0.3) is 0 Å². The largest absolute Gasteiger partial charge is 0.383 e. The lowest BCUT2D eigenvalue weighted by Crippen LogP contribution is -2.19. The van der Waals surface area contributed by atoms with Crippen molar-refractivity contribution in [3.8, 4) is 0 Å². The standard InChI is InChI=1S/C11H18N6OS/c1-8-9(6-12-4-5-18-3)10(17(2)16-8)19-11-13-7-14-15-11/h7,12H,4-6H2,1-3H3,(H,13,14,15). The van der Waals surface area contributed by atoms with Crippen molar-refractivity contribution in [3.05, 3.63) is 17.6 Å². The summed E-state index contributed by atoms with van der Waals surface area (Å²) in [5.41, 5.74) is 2.20. The third-order valence-electron chi connectivity index (χ3n) is 2.66. The average molecular weight is 282 g/mol. The van der Waals surface area contributed by atoms with Gasteiger partial charge in [-0.15, -0.1) is 0 Å². The van der Waals surface area contributed by atoms with Gasteiger partial charge in [0, 0.05) is 32.8 Å². The number of aromatic nitrogens is 5. The predicted octanol–water partition coefficient (Wildman–Crippen LogP) is 0.734. The number of nitrogens with one attached hydrogen (secondary N) is 2. The van der Waals surface area contributed by atoms with Crippen LogP contribution in [0.4, 0.5) is 0 Å². The number of methoxy groups -OCH3 is 1. The molecule has 0 saturated heterocycles. The lowest BCUT2D eigenvalue weighted by atomic mass is 10.2. The number of nitrogens with zero attached hydrogens (tertiary/aromatic N) is 4. The lowest BCUT2D eigenvalue weighted by molar-refractivity contribution is 0.199. The van der Waals surface area contributed by atoms with Crippen LogP contribution in [0.5, 0.6) is 0 Å².